The third kappa shape index (κ3) is 3.08. The van der Waals surface area contributed by atoms with E-state index in [1.807, 2.05) is 30.5 Å². The van der Waals surface area contributed by atoms with Crippen molar-refractivity contribution >= 4 is 39.0 Å². The summed E-state index contributed by atoms with van der Waals surface area (Å²) in [5.41, 5.74) is 2.05. The minimum atomic E-state index is 0.712. The fourth-order valence-electron chi connectivity index (χ4n) is 2.38. The van der Waals surface area contributed by atoms with Crippen LogP contribution in [-0.4, -0.2) is 31.5 Å². The van der Waals surface area contributed by atoms with Gasteiger partial charge in [0.1, 0.15) is 12.1 Å². The first kappa shape index (κ1) is 15.0. The summed E-state index contributed by atoms with van der Waals surface area (Å²) in [6.07, 6.45) is 5.08. The summed E-state index contributed by atoms with van der Waals surface area (Å²) in [7, 11) is 0. The Morgan fingerprint density at radius 2 is 2.04 bits per heavy atom. The molecule has 0 aliphatic rings. The molecule has 0 aliphatic heterocycles. The van der Waals surface area contributed by atoms with Gasteiger partial charge in [-0.2, -0.15) is 0 Å². The van der Waals surface area contributed by atoms with Crippen molar-refractivity contribution in [3.8, 4) is 10.4 Å². The molecule has 0 atom stereocenters. The van der Waals surface area contributed by atoms with Gasteiger partial charge in [0.15, 0.2) is 0 Å². The molecule has 24 heavy (non-hydrogen) atoms. The van der Waals surface area contributed by atoms with Gasteiger partial charge in [0.2, 0.25) is 0 Å². The summed E-state index contributed by atoms with van der Waals surface area (Å²) in [5.74, 6) is 0.838. The largest absolute Gasteiger partial charge is 0.367 e. The highest BCUT2D eigenvalue weighted by molar-refractivity contribution is 7.22. The maximum absolute atomic E-state index is 5.96. The minimum absolute atomic E-state index is 0.712. The van der Waals surface area contributed by atoms with Gasteiger partial charge < -0.3 is 5.32 Å². The van der Waals surface area contributed by atoms with E-state index in [2.05, 4.69) is 31.7 Å². The van der Waals surface area contributed by atoms with Crippen molar-refractivity contribution in [2.75, 3.05) is 11.9 Å². The van der Waals surface area contributed by atoms with E-state index in [0.29, 0.717) is 6.54 Å². The second-order valence-corrected chi connectivity index (χ2v) is 6.64. The molecule has 3 aromatic heterocycles. The van der Waals surface area contributed by atoms with Crippen molar-refractivity contribution in [2.45, 2.75) is 6.54 Å². The number of nitrogens with zero attached hydrogens (tertiary/aromatic N) is 5. The Bertz CT molecular complexity index is 949. The van der Waals surface area contributed by atoms with E-state index in [1.165, 1.54) is 0 Å². The molecule has 0 bridgehead atoms. The first-order valence-electron chi connectivity index (χ1n) is 7.38. The molecule has 4 rings (SSSR count). The fourth-order valence-corrected chi connectivity index (χ4v) is 3.59. The Morgan fingerprint density at radius 3 is 2.83 bits per heavy atom. The lowest BCUT2D eigenvalue weighted by molar-refractivity contribution is 0.608. The quantitative estimate of drug-likeness (QED) is 0.590. The van der Waals surface area contributed by atoms with Gasteiger partial charge in [-0.25, -0.2) is 9.97 Å². The van der Waals surface area contributed by atoms with E-state index in [-0.39, 0.29) is 0 Å². The molecule has 0 radical (unpaired) electrons. The second kappa shape index (κ2) is 6.54. The van der Waals surface area contributed by atoms with Gasteiger partial charge in [-0.3, -0.25) is 4.68 Å². The van der Waals surface area contributed by atoms with Crippen LogP contribution >= 0.6 is 22.9 Å². The summed E-state index contributed by atoms with van der Waals surface area (Å²) in [6.45, 7) is 1.44. The number of nitrogens with one attached hydrogen (secondary N) is 1. The first-order chi connectivity index (χ1) is 11.8. The topological polar surface area (TPSA) is 68.5 Å². The van der Waals surface area contributed by atoms with Crippen LogP contribution in [0.15, 0.2) is 49.1 Å². The molecule has 4 aromatic rings. The molecule has 3 heterocycles. The molecule has 0 amide bonds. The standard InChI is InChI=1S/C16H13ClN6S/c17-12-3-1-11(2-4-12)14-9-13-15(24-14)16(20-10-19-13)18-5-7-23-8-6-21-22-23/h1-4,6,8-10H,5,7H2,(H,18,19,20). The summed E-state index contributed by atoms with van der Waals surface area (Å²) < 4.78 is 2.82. The van der Waals surface area contributed by atoms with Crippen molar-refractivity contribution in [3.63, 3.8) is 0 Å². The van der Waals surface area contributed by atoms with Gasteiger partial charge in [-0.15, -0.1) is 16.4 Å². The smallest absolute Gasteiger partial charge is 0.147 e. The highest BCUT2D eigenvalue weighted by atomic mass is 35.5. The van der Waals surface area contributed by atoms with Crippen LogP contribution in [0.4, 0.5) is 5.82 Å². The van der Waals surface area contributed by atoms with Crippen LogP contribution in [0.25, 0.3) is 20.7 Å². The Balaban J connectivity index is 1.58. The monoisotopic (exact) mass is 356 g/mol. The van der Waals surface area contributed by atoms with Gasteiger partial charge >= 0.3 is 0 Å². The summed E-state index contributed by atoms with van der Waals surface area (Å²) in [6, 6.07) is 9.89. The highest BCUT2D eigenvalue weighted by Gasteiger charge is 2.10. The Morgan fingerprint density at radius 1 is 1.17 bits per heavy atom. The van der Waals surface area contributed by atoms with Gasteiger partial charge in [0, 0.05) is 22.6 Å². The van der Waals surface area contributed by atoms with Gasteiger partial charge in [-0.05, 0) is 23.8 Å². The van der Waals surface area contributed by atoms with E-state index in [1.54, 1.807) is 28.5 Å². The lowest BCUT2D eigenvalue weighted by atomic mass is 10.2. The van der Waals surface area contributed by atoms with E-state index < -0.39 is 0 Å². The molecule has 0 saturated heterocycles. The number of halogens is 1. The third-order valence-corrected chi connectivity index (χ3v) is 4.98. The summed E-state index contributed by atoms with van der Waals surface area (Å²) in [4.78, 5) is 9.88. The molecule has 1 aromatic carbocycles. The van der Waals surface area contributed by atoms with Crippen molar-refractivity contribution in [1.29, 1.82) is 0 Å². The van der Waals surface area contributed by atoms with Gasteiger partial charge in [-0.1, -0.05) is 28.9 Å². The maximum Gasteiger partial charge on any atom is 0.147 e. The lowest BCUT2D eigenvalue weighted by Gasteiger charge is -2.05. The average molecular weight is 357 g/mol. The van der Waals surface area contributed by atoms with Crippen LogP contribution in [0.2, 0.25) is 5.02 Å². The van der Waals surface area contributed by atoms with Crippen LogP contribution in [0.3, 0.4) is 0 Å². The number of benzene rings is 1. The zero-order chi connectivity index (χ0) is 16.4. The molecule has 1 N–H and O–H groups in total. The van der Waals surface area contributed by atoms with Crippen LogP contribution in [0.5, 0.6) is 0 Å². The van der Waals surface area contributed by atoms with Crippen molar-refractivity contribution < 1.29 is 0 Å². The van der Waals surface area contributed by atoms with Gasteiger partial charge in [0.05, 0.1) is 23.0 Å². The third-order valence-electron chi connectivity index (χ3n) is 3.55. The van der Waals surface area contributed by atoms with Crippen LogP contribution in [-0.2, 0) is 6.54 Å². The molecule has 0 fully saturated rings. The highest BCUT2D eigenvalue weighted by Crippen LogP contribution is 2.35. The molecular formula is C16H13ClN6S. The number of aromatic nitrogens is 5. The van der Waals surface area contributed by atoms with E-state index >= 15 is 0 Å². The fraction of sp³-hybridized carbons (Fsp3) is 0.125. The number of hydrogen-bond acceptors (Lipinski definition) is 6. The Labute approximate surface area is 147 Å². The van der Waals surface area contributed by atoms with Crippen molar-refractivity contribution in [1.82, 2.24) is 25.0 Å². The van der Waals surface area contributed by atoms with Gasteiger partial charge in [0.25, 0.3) is 0 Å². The molecule has 0 aliphatic carbocycles. The zero-order valence-corrected chi connectivity index (χ0v) is 14.1. The second-order valence-electron chi connectivity index (χ2n) is 5.15. The lowest BCUT2D eigenvalue weighted by Crippen LogP contribution is -2.12. The zero-order valence-electron chi connectivity index (χ0n) is 12.6. The maximum atomic E-state index is 5.96. The minimum Gasteiger partial charge on any atom is -0.367 e. The summed E-state index contributed by atoms with van der Waals surface area (Å²) >= 11 is 7.63. The normalized spacial score (nSPS) is 11.0. The first-order valence-corrected chi connectivity index (χ1v) is 8.57. The number of hydrogen-bond donors (Lipinski definition) is 1. The van der Waals surface area contributed by atoms with Crippen LogP contribution in [0.1, 0.15) is 0 Å². The number of fused-ring (bicyclic) bond motifs is 1. The predicted octanol–water partition coefficient (Wildman–Crippen LogP) is 3.72. The van der Waals surface area contributed by atoms with Crippen molar-refractivity contribution in [3.05, 3.63) is 54.1 Å². The van der Waals surface area contributed by atoms with Crippen LogP contribution in [0, 0.1) is 0 Å². The number of thiophene rings is 1. The van der Waals surface area contributed by atoms with E-state index in [9.17, 15) is 0 Å². The van der Waals surface area contributed by atoms with E-state index in [0.717, 1.165) is 38.0 Å². The molecule has 120 valence electrons. The van der Waals surface area contributed by atoms with E-state index in [4.69, 9.17) is 11.6 Å². The molecule has 8 heteroatoms. The predicted molar refractivity (Wildman–Crippen MR) is 96.4 cm³/mol. The molecule has 6 nitrogen and oxygen atoms in total. The molecule has 0 spiro atoms. The molecule has 0 unspecified atom stereocenters. The summed E-state index contributed by atoms with van der Waals surface area (Å²) in [5, 5.41) is 11.8. The number of rotatable bonds is 5. The molecular weight excluding hydrogens is 344 g/mol. The Hall–Kier alpha value is -2.51. The number of anilines is 1. The van der Waals surface area contributed by atoms with Crippen molar-refractivity contribution in [2.24, 2.45) is 0 Å². The van der Waals surface area contributed by atoms with Crippen LogP contribution < -0.4 is 5.32 Å². The Kier molecular flexibility index (Phi) is 4.10. The average Bonchev–Trinajstić information content (AvgIpc) is 3.25. The SMILES string of the molecule is Clc1ccc(-c2cc3ncnc(NCCn4ccnn4)c3s2)cc1. The molecule has 0 saturated carbocycles.